The van der Waals surface area contributed by atoms with E-state index in [-0.39, 0.29) is 5.56 Å². The van der Waals surface area contributed by atoms with Crippen molar-refractivity contribution in [1.82, 2.24) is 14.5 Å². The number of benzene rings is 1. The van der Waals surface area contributed by atoms with Crippen LogP contribution < -0.4 is 5.56 Å². The van der Waals surface area contributed by atoms with Gasteiger partial charge in [0.2, 0.25) is 0 Å². The van der Waals surface area contributed by atoms with Crippen LogP contribution in [0.5, 0.6) is 0 Å². The second-order valence-electron chi connectivity index (χ2n) is 4.80. The maximum Gasteiger partial charge on any atom is 0.280 e. The van der Waals surface area contributed by atoms with Crippen LogP contribution in [0.2, 0.25) is 0 Å². The number of aromatic nitrogens is 3. The molecule has 2 heterocycles. The van der Waals surface area contributed by atoms with Gasteiger partial charge in [0.25, 0.3) is 5.56 Å². The van der Waals surface area contributed by atoms with Gasteiger partial charge in [0.1, 0.15) is 0 Å². The molecule has 0 unspecified atom stereocenters. The van der Waals surface area contributed by atoms with Gasteiger partial charge in [0, 0.05) is 25.1 Å². The summed E-state index contributed by atoms with van der Waals surface area (Å²) in [5.41, 5.74) is 2.55. The molecule has 0 bridgehead atoms. The van der Waals surface area contributed by atoms with Crippen LogP contribution in [0.15, 0.2) is 72.2 Å². The predicted molar refractivity (Wildman–Crippen MR) is 81.9 cm³/mol. The van der Waals surface area contributed by atoms with Crippen LogP contribution in [-0.4, -0.2) is 14.5 Å². The molecule has 0 saturated heterocycles. The van der Waals surface area contributed by atoms with E-state index in [1.165, 1.54) is 5.56 Å². The van der Waals surface area contributed by atoms with Gasteiger partial charge in [-0.2, -0.15) is 4.98 Å². The van der Waals surface area contributed by atoms with Crippen molar-refractivity contribution in [2.45, 2.75) is 13.0 Å². The molecule has 3 rings (SSSR count). The molecular formula is C17H15N3O. The van der Waals surface area contributed by atoms with Crippen molar-refractivity contribution in [3.8, 4) is 11.1 Å². The Morgan fingerprint density at radius 3 is 2.52 bits per heavy atom. The minimum Gasteiger partial charge on any atom is -0.338 e. The monoisotopic (exact) mass is 277 g/mol. The molecule has 1 aromatic carbocycles. The minimum absolute atomic E-state index is 0.193. The highest BCUT2D eigenvalue weighted by Gasteiger charge is 2.04. The van der Waals surface area contributed by atoms with Crippen molar-refractivity contribution in [3.05, 3.63) is 83.3 Å². The topological polar surface area (TPSA) is 47.8 Å². The summed E-state index contributed by atoms with van der Waals surface area (Å²) in [5.74, 6) is 0. The van der Waals surface area contributed by atoms with E-state index in [0.29, 0.717) is 5.56 Å². The lowest BCUT2D eigenvalue weighted by Gasteiger charge is -2.08. The van der Waals surface area contributed by atoms with Gasteiger partial charge in [-0.15, -0.1) is 0 Å². The maximum absolute atomic E-state index is 11.9. The Hall–Kier alpha value is -2.75. The fourth-order valence-electron chi connectivity index (χ4n) is 2.20. The number of hydrogen-bond donors (Lipinski definition) is 0. The molecule has 0 radical (unpaired) electrons. The zero-order valence-corrected chi connectivity index (χ0v) is 11.5. The van der Waals surface area contributed by atoms with Gasteiger partial charge in [-0.3, -0.25) is 9.78 Å². The fraction of sp³-hybridized carbons (Fsp3) is 0.118. The van der Waals surface area contributed by atoms with Crippen LogP contribution in [0.1, 0.15) is 5.56 Å². The third-order valence-electron chi connectivity index (χ3n) is 3.34. The molecule has 0 saturated carbocycles. The molecule has 21 heavy (non-hydrogen) atoms. The van der Waals surface area contributed by atoms with E-state index >= 15 is 0 Å². The van der Waals surface area contributed by atoms with E-state index in [9.17, 15) is 4.79 Å². The van der Waals surface area contributed by atoms with Gasteiger partial charge < -0.3 is 4.57 Å². The van der Waals surface area contributed by atoms with Gasteiger partial charge in [-0.1, -0.05) is 30.3 Å². The molecule has 0 atom stereocenters. The summed E-state index contributed by atoms with van der Waals surface area (Å²) in [7, 11) is 0. The molecule has 0 aliphatic heterocycles. The summed E-state index contributed by atoms with van der Waals surface area (Å²) < 4.78 is 1.95. The Morgan fingerprint density at radius 1 is 1.00 bits per heavy atom. The summed E-state index contributed by atoms with van der Waals surface area (Å²) in [6.45, 7) is 0.775. The van der Waals surface area contributed by atoms with Crippen molar-refractivity contribution in [3.63, 3.8) is 0 Å². The minimum atomic E-state index is -0.193. The second kappa shape index (κ2) is 6.13. The van der Waals surface area contributed by atoms with Gasteiger partial charge in [-0.25, -0.2) is 0 Å². The van der Waals surface area contributed by atoms with E-state index in [2.05, 4.69) is 9.97 Å². The van der Waals surface area contributed by atoms with Crippen LogP contribution in [0.4, 0.5) is 0 Å². The highest BCUT2D eigenvalue weighted by molar-refractivity contribution is 5.60. The highest BCUT2D eigenvalue weighted by atomic mass is 16.1. The van der Waals surface area contributed by atoms with Gasteiger partial charge in [0.15, 0.2) is 0 Å². The van der Waals surface area contributed by atoms with Gasteiger partial charge in [0.05, 0.1) is 11.9 Å². The first-order valence-electron chi connectivity index (χ1n) is 6.83. The van der Waals surface area contributed by atoms with Crippen molar-refractivity contribution in [1.29, 1.82) is 0 Å². The summed E-state index contributed by atoms with van der Waals surface area (Å²) in [4.78, 5) is 19.9. The summed E-state index contributed by atoms with van der Waals surface area (Å²) in [6.07, 6.45) is 7.91. The molecule has 3 aromatic rings. The third kappa shape index (κ3) is 3.23. The Bertz CT molecular complexity index is 767. The van der Waals surface area contributed by atoms with Crippen LogP contribution >= 0.6 is 0 Å². The first-order chi connectivity index (χ1) is 10.3. The zero-order valence-electron chi connectivity index (χ0n) is 11.5. The Kier molecular flexibility index (Phi) is 3.87. The number of aryl methyl sites for hydroxylation is 2. The van der Waals surface area contributed by atoms with E-state index in [1.54, 1.807) is 18.7 Å². The number of hydrogen-bond acceptors (Lipinski definition) is 3. The largest absolute Gasteiger partial charge is 0.338 e. The molecule has 0 amide bonds. The maximum atomic E-state index is 11.9. The molecule has 0 fully saturated rings. The second-order valence-corrected chi connectivity index (χ2v) is 4.80. The molecule has 0 aliphatic carbocycles. The summed E-state index contributed by atoms with van der Waals surface area (Å²) in [5, 5.41) is 0. The van der Waals surface area contributed by atoms with Crippen LogP contribution in [0.3, 0.4) is 0 Å². The van der Waals surface area contributed by atoms with Crippen molar-refractivity contribution >= 4 is 0 Å². The predicted octanol–water partition coefficient (Wildman–Crippen LogP) is 2.55. The van der Waals surface area contributed by atoms with E-state index < -0.39 is 0 Å². The van der Waals surface area contributed by atoms with Crippen LogP contribution in [0.25, 0.3) is 11.1 Å². The molecular weight excluding hydrogens is 262 g/mol. The van der Waals surface area contributed by atoms with Crippen LogP contribution in [-0.2, 0) is 13.0 Å². The molecule has 0 aliphatic rings. The lowest BCUT2D eigenvalue weighted by atomic mass is 10.1. The Balaban J connectivity index is 1.83. The van der Waals surface area contributed by atoms with E-state index in [0.717, 1.165) is 18.5 Å². The SMILES string of the molecule is O=c1ncn(CCc2ccncc2)cc1-c1ccccc1. The first kappa shape index (κ1) is 13.2. The smallest absolute Gasteiger partial charge is 0.280 e. The van der Waals surface area contributed by atoms with Gasteiger partial charge >= 0.3 is 0 Å². The Labute approximate surface area is 122 Å². The van der Waals surface area contributed by atoms with Gasteiger partial charge in [-0.05, 0) is 29.7 Å². The van der Waals surface area contributed by atoms with Crippen molar-refractivity contribution in [2.75, 3.05) is 0 Å². The number of rotatable bonds is 4. The quantitative estimate of drug-likeness (QED) is 0.736. The normalized spacial score (nSPS) is 10.5. The highest BCUT2D eigenvalue weighted by Crippen LogP contribution is 2.13. The van der Waals surface area contributed by atoms with Crippen molar-refractivity contribution < 1.29 is 0 Å². The zero-order chi connectivity index (χ0) is 14.5. The lowest BCUT2D eigenvalue weighted by molar-refractivity contribution is 0.674. The third-order valence-corrected chi connectivity index (χ3v) is 3.34. The standard InChI is InChI=1S/C17H15N3O/c21-17-16(15-4-2-1-3-5-15)12-20(13-19-17)11-8-14-6-9-18-10-7-14/h1-7,9-10,12-13H,8,11H2. The molecule has 104 valence electrons. The molecule has 4 nitrogen and oxygen atoms in total. The molecule has 4 heteroatoms. The number of nitrogens with zero attached hydrogens (tertiary/aromatic N) is 3. The van der Waals surface area contributed by atoms with Crippen molar-refractivity contribution in [2.24, 2.45) is 0 Å². The first-order valence-corrected chi connectivity index (χ1v) is 6.83. The average Bonchev–Trinajstić information content (AvgIpc) is 2.56. The Morgan fingerprint density at radius 2 is 1.76 bits per heavy atom. The average molecular weight is 277 g/mol. The molecule has 0 N–H and O–H groups in total. The van der Waals surface area contributed by atoms with E-state index in [1.807, 2.05) is 53.2 Å². The lowest BCUT2D eigenvalue weighted by Crippen LogP contribution is -2.14. The molecule has 2 aromatic heterocycles. The van der Waals surface area contributed by atoms with E-state index in [4.69, 9.17) is 0 Å². The molecule has 0 spiro atoms. The summed E-state index contributed by atoms with van der Waals surface area (Å²) in [6, 6.07) is 13.6. The summed E-state index contributed by atoms with van der Waals surface area (Å²) >= 11 is 0. The van der Waals surface area contributed by atoms with Crippen LogP contribution in [0, 0.1) is 0 Å². The fourth-order valence-corrected chi connectivity index (χ4v) is 2.20. The number of pyridine rings is 1.